The highest BCUT2D eigenvalue weighted by Crippen LogP contribution is 2.45. The van der Waals surface area contributed by atoms with Crippen LogP contribution in [0, 0.1) is 11.6 Å². The molecular formula is C25H23F2N3O3. The second-order valence-corrected chi connectivity index (χ2v) is 8.86. The zero-order chi connectivity index (χ0) is 23.4. The predicted octanol–water partition coefficient (Wildman–Crippen LogP) is 3.56. The molecule has 1 aliphatic carbocycles. The number of aromatic hydroxyl groups is 1. The molecule has 0 spiro atoms. The standard InChI is InChI=1S/C25H23F2N3O3/c1-13(2)29-12-20(30-23(25(29)33)24(32)21(31)11-28-30)22-16-5-3-7-18(26)14(16)9-10-15-17(22)6-4-8-19(15)27/h3-8,11,13,20,22,32H,9-10,12H2,1-2H3. The molecule has 0 saturated carbocycles. The van der Waals surface area contributed by atoms with Crippen LogP contribution in [0.4, 0.5) is 8.78 Å². The lowest BCUT2D eigenvalue weighted by atomic mass is 9.81. The van der Waals surface area contributed by atoms with Crippen LogP contribution in [0.3, 0.4) is 0 Å². The van der Waals surface area contributed by atoms with Gasteiger partial charge in [-0.3, -0.25) is 14.3 Å². The minimum atomic E-state index is -0.752. The van der Waals surface area contributed by atoms with Crippen molar-refractivity contribution < 1.29 is 18.7 Å². The van der Waals surface area contributed by atoms with Crippen LogP contribution in [0.15, 0.2) is 47.4 Å². The largest absolute Gasteiger partial charge is 0.502 e. The Morgan fingerprint density at radius 1 is 1.00 bits per heavy atom. The van der Waals surface area contributed by atoms with Crippen molar-refractivity contribution in [3.63, 3.8) is 0 Å². The van der Waals surface area contributed by atoms with Crippen molar-refractivity contribution in [2.24, 2.45) is 0 Å². The van der Waals surface area contributed by atoms with Gasteiger partial charge in [0.1, 0.15) is 11.6 Å². The number of benzene rings is 2. The first-order valence-corrected chi connectivity index (χ1v) is 11.0. The van der Waals surface area contributed by atoms with Gasteiger partial charge < -0.3 is 10.0 Å². The van der Waals surface area contributed by atoms with E-state index in [2.05, 4.69) is 5.10 Å². The van der Waals surface area contributed by atoms with Gasteiger partial charge >= 0.3 is 0 Å². The molecule has 0 saturated heterocycles. The van der Waals surface area contributed by atoms with Crippen LogP contribution in [0.2, 0.25) is 0 Å². The summed E-state index contributed by atoms with van der Waals surface area (Å²) in [7, 11) is 0. The number of hydrogen-bond donors (Lipinski definition) is 1. The first-order valence-electron chi connectivity index (χ1n) is 11.0. The lowest BCUT2D eigenvalue weighted by Gasteiger charge is -2.41. The van der Waals surface area contributed by atoms with Gasteiger partial charge in [0.2, 0.25) is 5.43 Å². The number of hydrogen-bond acceptors (Lipinski definition) is 4. The topological polar surface area (TPSA) is 75.4 Å². The number of aromatic nitrogens is 2. The molecule has 0 radical (unpaired) electrons. The van der Waals surface area contributed by atoms with Crippen molar-refractivity contribution in [2.45, 2.75) is 44.7 Å². The van der Waals surface area contributed by atoms with Crippen LogP contribution >= 0.6 is 0 Å². The van der Waals surface area contributed by atoms with Gasteiger partial charge in [-0.05, 0) is 61.1 Å². The Kier molecular flexibility index (Phi) is 5.03. The lowest BCUT2D eigenvalue weighted by molar-refractivity contribution is 0.0570. The van der Waals surface area contributed by atoms with Gasteiger partial charge in [0.05, 0.1) is 12.2 Å². The maximum absolute atomic E-state index is 14.9. The van der Waals surface area contributed by atoms with Crippen LogP contribution in [-0.2, 0) is 12.8 Å². The zero-order valence-electron chi connectivity index (χ0n) is 18.3. The van der Waals surface area contributed by atoms with Gasteiger partial charge in [-0.1, -0.05) is 24.3 Å². The minimum absolute atomic E-state index is 0.201. The molecule has 3 aromatic rings. The zero-order valence-corrected chi connectivity index (χ0v) is 18.3. The molecule has 1 atom stereocenters. The van der Waals surface area contributed by atoms with Gasteiger partial charge in [0, 0.05) is 18.5 Å². The Bertz CT molecular complexity index is 1280. The maximum Gasteiger partial charge on any atom is 0.276 e. The fourth-order valence-electron chi connectivity index (χ4n) is 5.19. The van der Waals surface area contributed by atoms with E-state index in [1.54, 1.807) is 17.0 Å². The average Bonchev–Trinajstić information content (AvgIpc) is 2.95. The Balaban J connectivity index is 1.82. The van der Waals surface area contributed by atoms with Crippen LogP contribution < -0.4 is 5.43 Å². The van der Waals surface area contributed by atoms with Crippen molar-refractivity contribution in [1.82, 2.24) is 14.7 Å². The first-order chi connectivity index (χ1) is 15.8. The van der Waals surface area contributed by atoms with E-state index in [1.165, 1.54) is 16.8 Å². The monoisotopic (exact) mass is 451 g/mol. The molecule has 8 heteroatoms. The minimum Gasteiger partial charge on any atom is -0.502 e. The second-order valence-electron chi connectivity index (χ2n) is 8.86. The fourth-order valence-corrected chi connectivity index (χ4v) is 5.19. The molecule has 170 valence electrons. The molecule has 1 amide bonds. The normalized spacial score (nSPS) is 18.0. The lowest BCUT2D eigenvalue weighted by Crippen LogP contribution is -2.49. The van der Waals surface area contributed by atoms with Crippen LogP contribution in [-0.4, -0.2) is 38.3 Å². The summed E-state index contributed by atoms with van der Waals surface area (Å²) in [5.41, 5.74) is 1.42. The van der Waals surface area contributed by atoms with Crippen LogP contribution in [0.5, 0.6) is 5.75 Å². The highest BCUT2D eigenvalue weighted by atomic mass is 19.1. The van der Waals surface area contributed by atoms with Gasteiger partial charge in [-0.15, -0.1) is 0 Å². The van der Waals surface area contributed by atoms with Gasteiger partial charge in [0.25, 0.3) is 5.91 Å². The van der Waals surface area contributed by atoms with E-state index < -0.39 is 29.0 Å². The first kappa shape index (κ1) is 21.3. The van der Waals surface area contributed by atoms with Crippen LogP contribution in [0.25, 0.3) is 0 Å². The number of fused-ring (bicyclic) bond motifs is 3. The summed E-state index contributed by atoms with van der Waals surface area (Å²) in [5, 5.41) is 14.7. The summed E-state index contributed by atoms with van der Waals surface area (Å²) in [5.74, 6) is -2.45. The third kappa shape index (κ3) is 3.23. The van der Waals surface area contributed by atoms with Crippen LogP contribution in [0.1, 0.15) is 58.5 Å². The summed E-state index contributed by atoms with van der Waals surface area (Å²) in [6.07, 6.45) is 1.64. The number of nitrogens with zero attached hydrogens (tertiary/aromatic N) is 3. The van der Waals surface area contributed by atoms with Gasteiger partial charge in [-0.2, -0.15) is 5.10 Å². The van der Waals surface area contributed by atoms with E-state index in [0.717, 1.165) is 6.20 Å². The Labute approximate surface area is 189 Å². The predicted molar refractivity (Wildman–Crippen MR) is 117 cm³/mol. The van der Waals surface area contributed by atoms with Crippen molar-refractivity contribution in [2.75, 3.05) is 6.54 Å². The van der Waals surface area contributed by atoms with Gasteiger partial charge in [-0.25, -0.2) is 8.78 Å². The highest BCUT2D eigenvalue weighted by Gasteiger charge is 2.42. The van der Waals surface area contributed by atoms with Gasteiger partial charge in [0.15, 0.2) is 11.4 Å². The van der Waals surface area contributed by atoms with Crippen molar-refractivity contribution in [3.05, 3.63) is 92.4 Å². The second kappa shape index (κ2) is 7.79. The Morgan fingerprint density at radius 2 is 1.58 bits per heavy atom. The molecule has 6 nitrogen and oxygen atoms in total. The summed E-state index contributed by atoms with van der Waals surface area (Å²) < 4.78 is 31.2. The molecule has 1 N–H and O–H groups in total. The number of carbonyl (C=O) groups excluding carboxylic acids is 1. The number of carbonyl (C=O) groups is 1. The smallest absolute Gasteiger partial charge is 0.276 e. The number of rotatable bonds is 2. The molecule has 0 fully saturated rings. The third-order valence-electron chi connectivity index (χ3n) is 6.76. The SMILES string of the molecule is CC(C)N1CC(C2c3cccc(F)c3CCc3c(F)cccc32)n2ncc(=O)c(O)c2C1=O. The van der Waals surface area contributed by atoms with E-state index in [0.29, 0.717) is 35.1 Å². The van der Waals surface area contributed by atoms with E-state index in [-0.39, 0.29) is 29.9 Å². The Hall–Kier alpha value is -3.55. The molecule has 2 aromatic carbocycles. The molecule has 2 heterocycles. The summed E-state index contributed by atoms with van der Waals surface area (Å²) in [4.78, 5) is 26.9. The van der Waals surface area contributed by atoms with Crippen molar-refractivity contribution >= 4 is 5.91 Å². The summed E-state index contributed by atoms with van der Waals surface area (Å²) in [6, 6.07) is 8.85. The van der Waals surface area contributed by atoms with E-state index >= 15 is 0 Å². The third-order valence-corrected chi connectivity index (χ3v) is 6.76. The molecule has 5 rings (SSSR count). The van der Waals surface area contributed by atoms with E-state index in [4.69, 9.17) is 0 Å². The average molecular weight is 451 g/mol. The highest BCUT2D eigenvalue weighted by molar-refractivity contribution is 5.96. The summed E-state index contributed by atoms with van der Waals surface area (Å²) in [6.45, 7) is 3.88. The molecule has 1 aliphatic heterocycles. The molecule has 2 aliphatic rings. The molecule has 1 aromatic heterocycles. The molecular weight excluding hydrogens is 428 g/mol. The maximum atomic E-state index is 14.9. The van der Waals surface area contributed by atoms with Crippen molar-refractivity contribution in [1.29, 1.82) is 0 Å². The molecule has 33 heavy (non-hydrogen) atoms. The molecule has 0 bridgehead atoms. The Morgan fingerprint density at radius 3 is 2.12 bits per heavy atom. The van der Waals surface area contributed by atoms with Crippen molar-refractivity contribution in [3.8, 4) is 5.75 Å². The van der Waals surface area contributed by atoms with E-state index in [9.17, 15) is 23.5 Å². The summed E-state index contributed by atoms with van der Waals surface area (Å²) >= 11 is 0. The quantitative estimate of drug-likeness (QED) is 0.647. The fraction of sp³-hybridized carbons (Fsp3) is 0.320. The number of amides is 1. The number of halogens is 2. The van der Waals surface area contributed by atoms with E-state index in [1.807, 2.05) is 26.0 Å². The molecule has 1 unspecified atom stereocenters.